The van der Waals surface area contributed by atoms with Gasteiger partial charge >= 0.3 is 0 Å². The van der Waals surface area contributed by atoms with Crippen LogP contribution < -0.4 is 10.1 Å². The molecule has 2 fully saturated rings. The van der Waals surface area contributed by atoms with Crippen molar-refractivity contribution in [1.82, 2.24) is 5.32 Å². The molecule has 2 aliphatic rings. The molecule has 2 aliphatic carbocycles. The maximum Gasteiger partial charge on any atom is 0.118 e. The first-order valence-corrected chi connectivity index (χ1v) is 7.13. The van der Waals surface area contributed by atoms with Crippen molar-refractivity contribution in [3.63, 3.8) is 0 Å². The molecule has 1 N–H and O–H groups in total. The van der Waals surface area contributed by atoms with Gasteiger partial charge in [0.2, 0.25) is 0 Å². The third-order valence-corrected chi connectivity index (χ3v) is 4.67. The summed E-state index contributed by atoms with van der Waals surface area (Å²) >= 11 is 0. The first-order valence-electron chi connectivity index (χ1n) is 7.13. The first kappa shape index (κ1) is 12.0. The summed E-state index contributed by atoms with van der Waals surface area (Å²) in [6, 6.07) is 9.32. The topological polar surface area (TPSA) is 21.3 Å². The lowest BCUT2D eigenvalue weighted by Crippen LogP contribution is -2.41. The van der Waals surface area contributed by atoms with Crippen LogP contribution >= 0.6 is 0 Å². The Labute approximate surface area is 110 Å². The SMILES string of the molecule is COc1ccc(C2CC(NCC3CC3C)C2)cc1. The van der Waals surface area contributed by atoms with E-state index in [0.717, 1.165) is 29.5 Å². The lowest BCUT2D eigenvalue weighted by Gasteiger charge is -2.36. The molecular weight excluding hydrogens is 222 g/mol. The molecule has 18 heavy (non-hydrogen) atoms. The van der Waals surface area contributed by atoms with Gasteiger partial charge < -0.3 is 10.1 Å². The molecule has 0 amide bonds. The van der Waals surface area contributed by atoms with Crippen LogP contribution in [-0.4, -0.2) is 19.7 Å². The van der Waals surface area contributed by atoms with Gasteiger partial charge in [0.05, 0.1) is 7.11 Å². The Morgan fingerprint density at radius 1 is 1.17 bits per heavy atom. The molecule has 2 unspecified atom stereocenters. The summed E-state index contributed by atoms with van der Waals surface area (Å²) in [6.45, 7) is 3.59. The number of nitrogens with one attached hydrogen (secondary N) is 1. The van der Waals surface area contributed by atoms with Crippen molar-refractivity contribution in [2.24, 2.45) is 11.8 Å². The molecular formula is C16H23NO. The van der Waals surface area contributed by atoms with E-state index in [0.29, 0.717) is 0 Å². The van der Waals surface area contributed by atoms with Crippen LogP contribution in [0.25, 0.3) is 0 Å². The van der Waals surface area contributed by atoms with E-state index < -0.39 is 0 Å². The van der Waals surface area contributed by atoms with Crippen molar-refractivity contribution in [3.05, 3.63) is 29.8 Å². The maximum absolute atomic E-state index is 5.19. The summed E-state index contributed by atoms with van der Waals surface area (Å²) < 4.78 is 5.19. The third kappa shape index (κ3) is 2.54. The minimum Gasteiger partial charge on any atom is -0.497 e. The van der Waals surface area contributed by atoms with E-state index >= 15 is 0 Å². The Hall–Kier alpha value is -1.02. The zero-order valence-electron chi connectivity index (χ0n) is 11.4. The molecule has 2 heteroatoms. The van der Waals surface area contributed by atoms with Gasteiger partial charge in [-0.2, -0.15) is 0 Å². The number of benzene rings is 1. The Kier molecular flexibility index (Phi) is 3.29. The zero-order valence-corrected chi connectivity index (χ0v) is 11.4. The van der Waals surface area contributed by atoms with Gasteiger partial charge in [-0.25, -0.2) is 0 Å². The van der Waals surface area contributed by atoms with Crippen LogP contribution in [0, 0.1) is 11.8 Å². The molecule has 0 saturated heterocycles. The Balaban J connectivity index is 1.43. The number of ether oxygens (including phenoxy) is 1. The van der Waals surface area contributed by atoms with E-state index in [1.54, 1.807) is 7.11 Å². The summed E-state index contributed by atoms with van der Waals surface area (Å²) in [5.41, 5.74) is 1.47. The Morgan fingerprint density at radius 3 is 2.39 bits per heavy atom. The summed E-state index contributed by atoms with van der Waals surface area (Å²) in [7, 11) is 1.72. The predicted octanol–water partition coefficient (Wildman–Crippen LogP) is 3.19. The van der Waals surface area contributed by atoms with E-state index in [9.17, 15) is 0 Å². The molecule has 0 aromatic heterocycles. The highest BCUT2D eigenvalue weighted by Crippen LogP contribution is 2.40. The monoisotopic (exact) mass is 245 g/mol. The van der Waals surface area contributed by atoms with Crippen LogP contribution in [0.15, 0.2) is 24.3 Å². The third-order valence-electron chi connectivity index (χ3n) is 4.67. The molecule has 0 bridgehead atoms. The predicted molar refractivity (Wildman–Crippen MR) is 74.0 cm³/mol. The molecule has 0 heterocycles. The van der Waals surface area contributed by atoms with Gasteiger partial charge in [0.25, 0.3) is 0 Å². The standard InChI is InChI=1S/C16H23NO/c1-11-7-14(11)10-17-15-8-13(9-15)12-3-5-16(18-2)6-4-12/h3-6,11,13-15,17H,7-10H2,1-2H3. The molecule has 0 spiro atoms. The Bertz CT molecular complexity index is 394. The molecule has 3 rings (SSSR count). The van der Waals surface area contributed by atoms with Crippen molar-refractivity contribution in [3.8, 4) is 5.75 Å². The lowest BCUT2D eigenvalue weighted by molar-refractivity contribution is 0.287. The second-order valence-corrected chi connectivity index (χ2v) is 6.02. The fourth-order valence-corrected chi connectivity index (χ4v) is 2.93. The molecule has 2 saturated carbocycles. The number of hydrogen-bond donors (Lipinski definition) is 1. The van der Waals surface area contributed by atoms with Gasteiger partial charge in [-0.15, -0.1) is 0 Å². The van der Waals surface area contributed by atoms with Gasteiger partial charge in [0, 0.05) is 6.04 Å². The van der Waals surface area contributed by atoms with E-state index in [4.69, 9.17) is 4.74 Å². The van der Waals surface area contributed by atoms with E-state index in [-0.39, 0.29) is 0 Å². The highest BCUT2D eigenvalue weighted by molar-refractivity contribution is 5.30. The van der Waals surface area contributed by atoms with Gasteiger partial charge in [-0.3, -0.25) is 0 Å². The normalized spacial score (nSPS) is 33.9. The molecule has 2 atom stereocenters. The molecule has 0 radical (unpaired) electrons. The average molecular weight is 245 g/mol. The van der Waals surface area contributed by atoms with Crippen LogP contribution in [0.3, 0.4) is 0 Å². The van der Waals surface area contributed by atoms with Gasteiger partial charge in [-0.05, 0) is 61.3 Å². The lowest BCUT2D eigenvalue weighted by atomic mass is 9.76. The van der Waals surface area contributed by atoms with E-state index in [2.05, 4.69) is 36.5 Å². The summed E-state index contributed by atoms with van der Waals surface area (Å²) in [4.78, 5) is 0. The van der Waals surface area contributed by atoms with Gasteiger partial charge in [0.15, 0.2) is 0 Å². The Morgan fingerprint density at radius 2 is 1.83 bits per heavy atom. The first-order chi connectivity index (χ1) is 8.76. The fourth-order valence-electron chi connectivity index (χ4n) is 2.93. The maximum atomic E-state index is 5.19. The van der Waals surface area contributed by atoms with Crippen molar-refractivity contribution in [1.29, 1.82) is 0 Å². The highest BCUT2D eigenvalue weighted by Gasteiger charge is 2.35. The van der Waals surface area contributed by atoms with Crippen molar-refractivity contribution in [2.75, 3.05) is 13.7 Å². The van der Waals surface area contributed by atoms with Crippen LogP contribution in [0.4, 0.5) is 0 Å². The number of methoxy groups -OCH3 is 1. The quantitative estimate of drug-likeness (QED) is 0.860. The molecule has 0 aliphatic heterocycles. The molecule has 1 aromatic carbocycles. The van der Waals surface area contributed by atoms with Crippen LogP contribution in [0.2, 0.25) is 0 Å². The number of hydrogen-bond acceptors (Lipinski definition) is 2. The van der Waals surface area contributed by atoms with Crippen molar-refractivity contribution < 1.29 is 4.74 Å². The summed E-state index contributed by atoms with van der Waals surface area (Å²) in [5.74, 6) is 3.64. The number of rotatable bonds is 5. The highest BCUT2D eigenvalue weighted by atomic mass is 16.5. The largest absolute Gasteiger partial charge is 0.497 e. The second-order valence-electron chi connectivity index (χ2n) is 6.02. The minimum absolute atomic E-state index is 0.755. The van der Waals surface area contributed by atoms with Gasteiger partial charge in [0.1, 0.15) is 5.75 Å². The van der Waals surface area contributed by atoms with E-state index in [1.165, 1.54) is 31.4 Å². The smallest absolute Gasteiger partial charge is 0.118 e. The van der Waals surface area contributed by atoms with Gasteiger partial charge in [-0.1, -0.05) is 19.1 Å². The summed E-state index contributed by atoms with van der Waals surface area (Å²) in [5, 5.41) is 3.71. The van der Waals surface area contributed by atoms with E-state index in [1.807, 2.05) is 0 Å². The van der Waals surface area contributed by atoms with Crippen molar-refractivity contribution >= 4 is 0 Å². The molecule has 2 nitrogen and oxygen atoms in total. The second kappa shape index (κ2) is 4.93. The van der Waals surface area contributed by atoms with Crippen LogP contribution in [0.5, 0.6) is 5.75 Å². The fraction of sp³-hybridized carbons (Fsp3) is 0.625. The van der Waals surface area contributed by atoms with Crippen LogP contribution in [-0.2, 0) is 0 Å². The molecule has 98 valence electrons. The average Bonchev–Trinajstić information content (AvgIpc) is 3.04. The zero-order chi connectivity index (χ0) is 12.5. The van der Waals surface area contributed by atoms with Crippen LogP contribution in [0.1, 0.15) is 37.7 Å². The summed E-state index contributed by atoms with van der Waals surface area (Å²) in [6.07, 6.45) is 4.03. The van der Waals surface area contributed by atoms with Crippen molar-refractivity contribution in [2.45, 2.75) is 38.1 Å². The minimum atomic E-state index is 0.755. The molecule has 1 aromatic rings.